The molecule has 6 nitrogen and oxygen atoms in total. The van der Waals surface area contributed by atoms with Crippen LogP contribution in [0.1, 0.15) is 12.8 Å². The SMILES string of the molecule is Fc1ccc(-n2cnc(Nc3cccc(OCC4CCCO4)c3)n2)cc1F. The number of nitrogens with one attached hydrogen (secondary N) is 1. The number of anilines is 2. The third-order valence-corrected chi connectivity index (χ3v) is 4.21. The largest absolute Gasteiger partial charge is 0.491 e. The highest BCUT2D eigenvalue weighted by Gasteiger charge is 2.16. The summed E-state index contributed by atoms with van der Waals surface area (Å²) in [4.78, 5) is 4.14. The average Bonchev–Trinajstić information content (AvgIpc) is 3.35. The number of ether oxygens (including phenoxy) is 2. The molecule has 0 radical (unpaired) electrons. The molecule has 2 aromatic carbocycles. The van der Waals surface area contributed by atoms with Crippen LogP contribution < -0.4 is 10.1 Å². The summed E-state index contributed by atoms with van der Waals surface area (Å²) in [5.74, 6) is -0.794. The van der Waals surface area contributed by atoms with Gasteiger partial charge in [-0.15, -0.1) is 5.10 Å². The molecule has 4 rings (SSSR count). The Morgan fingerprint density at radius 2 is 2.11 bits per heavy atom. The Labute approximate surface area is 154 Å². The molecule has 1 aliphatic rings. The van der Waals surface area contributed by atoms with Gasteiger partial charge in [0.2, 0.25) is 5.95 Å². The number of benzene rings is 2. The Hall–Kier alpha value is -3.00. The summed E-state index contributed by atoms with van der Waals surface area (Å²) >= 11 is 0. The van der Waals surface area contributed by atoms with Crippen molar-refractivity contribution in [2.24, 2.45) is 0 Å². The minimum absolute atomic E-state index is 0.148. The Morgan fingerprint density at radius 3 is 2.93 bits per heavy atom. The fourth-order valence-corrected chi connectivity index (χ4v) is 2.83. The summed E-state index contributed by atoms with van der Waals surface area (Å²) in [6.45, 7) is 1.31. The third kappa shape index (κ3) is 4.22. The number of hydrogen-bond acceptors (Lipinski definition) is 5. The van der Waals surface area contributed by atoms with Gasteiger partial charge in [-0.25, -0.2) is 13.5 Å². The van der Waals surface area contributed by atoms with Gasteiger partial charge in [-0.05, 0) is 37.1 Å². The first-order valence-electron chi connectivity index (χ1n) is 8.66. The molecule has 0 spiro atoms. The van der Waals surface area contributed by atoms with E-state index in [4.69, 9.17) is 9.47 Å². The lowest BCUT2D eigenvalue weighted by Gasteiger charge is -2.12. The van der Waals surface area contributed by atoms with E-state index in [1.807, 2.05) is 24.3 Å². The predicted molar refractivity (Wildman–Crippen MR) is 95.5 cm³/mol. The zero-order valence-electron chi connectivity index (χ0n) is 14.4. The maximum absolute atomic E-state index is 13.4. The van der Waals surface area contributed by atoms with E-state index in [2.05, 4.69) is 15.4 Å². The van der Waals surface area contributed by atoms with Crippen molar-refractivity contribution < 1.29 is 18.3 Å². The van der Waals surface area contributed by atoms with Crippen LogP contribution in [0.15, 0.2) is 48.8 Å². The van der Waals surface area contributed by atoms with Crippen LogP contribution in [0.25, 0.3) is 5.69 Å². The normalized spacial score (nSPS) is 16.4. The first-order chi connectivity index (χ1) is 13.2. The van der Waals surface area contributed by atoms with E-state index >= 15 is 0 Å². The second-order valence-corrected chi connectivity index (χ2v) is 6.21. The van der Waals surface area contributed by atoms with Crippen molar-refractivity contribution in [2.75, 3.05) is 18.5 Å². The summed E-state index contributed by atoms with van der Waals surface area (Å²) in [7, 11) is 0. The van der Waals surface area contributed by atoms with E-state index < -0.39 is 11.6 Å². The van der Waals surface area contributed by atoms with Gasteiger partial charge in [-0.1, -0.05) is 6.07 Å². The lowest BCUT2D eigenvalue weighted by molar-refractivity contribution is 0.0680. The van der Waals surface area contributed by atoms with Gasteiger partial charge in [0.15, 0.2) is 11.6 Å². The van der Waals surface area contributed by atoms with Gasteiger partial charge in [0, 0.05) is 24.4 Å². The van der Waals surface area contributed by atoms with E-state index in [-0.39, 0.29) is 6.10 Å². The molecule has 8 heteroatoms. The Kier molecular flexibility index (Phi) is 4.97. The van der Waals surface area contributed by atoms with Crippen LogP contribution in [-0.2, 0) is 4.74 Å². The minimum atomic E-state index is -0.936. The third-order valence-electron chi connectivity index (χ3n) is 4.21. The summed E-state index contributed by atoms with van der Waals surface area (Å²) in [5.41, 5.74) is 1.13. The molecule has 140 valence electrons. The standard InChI is InChI=1S/C19H18F2N4O2/c20-17-7-6-14(10-18(17)21)25-12-22-19(24-25)23-13-3-1-4-15(9-13)27-11-16-5-2-8-26-16/h1,3-4,6-7,9-10,12,16H,2,5,8,11H2,(H,23,24). The lowest BCUT2D eigenvalue weighted by Crippen LogP contribution is -2.16. The minimum Gasteiger partial charge on any atom is -0.491 e. The molecule has 0 amide bonds. The zero-order chi connectivity index (χ0) is 18.6. The number of aromatic nitrogens is 3. The van der Waals surface area contributed by atoms with Crippen LogP contribution >= 0.6 is 0 Å². The van der Waals surface area contributed by atoms with Gasteiger partial charge in [0.25, 0.3) is 0 Å². The summed E-state index contributed by atoms with van der Waals surface area (Å²) in [5, 5.41) is 7.30. The lowest BCUT2D eigenvalue weighted by atomic mass is 10.2. The summed E-state index contributed by atoms with van der Waals surface area (Å²) in [6, 6.07) is 11.0. The van der Waals surface area contributed by atoms with Gasteiger partial charge < -0.3 is 14.8 Å². The Bertz CT molecular complexity index is 926. The monoisotopic (exact) mass is 372 g/mol. The molecule has 0 aliphatic carbocycles. The topological polar surface area (TPSA) is 61.2 Å². The first kappa shape index (κ1) is 17.4. The van der Waals surface area contributed by atoms with E-state index in [0.29, 0.717) is 18.2 Å². The van der Waals surface area contributed by atoms with Gasteiger partial charge in [-0.3, -0.25) is 0 Å². The molecule has 1 aromatic heterocycles. The van der Waals surface area contributed by atoms with Gasteiger partial charge >= 0.3 is 0 Å². The number of nitrogens with zero attached hydrogens (tertiary/aromatic N) is 3. The maximum atomic E-state index is 13.4. The van der Waals surface area contributed by atoms with Crippen LogP contribution in [0.4, 0.5) is 20.4 Å². The van der Waals surface area contributed by atoms with Crippen LogP contribution in [0.5, 0.6) is 5.75 Å². The average molecular weight is 372 g/mol. The van der Waals surface area contributed by atoms with Gasteiger partial charge in [-0.2, -0.15) is 4.98 Å². The van der Waals surface area contributed by atoms with Crippen molar-refractivity contribution in [3.63, 3.8) is 0 Å². The summed E-state index contributed by atoms with van der Waals surface area (Å²) < 4.78 is 39.1. The molecule has 27 heavy (non-hydrogen) atoms. The smallest absolute Gasteiger partial charge is 0.246 e. The van der Waals surface area contributed by atoms with Crippen LogP contribution in [0.3, 0.4) is 0 Å². The highest BCUT2D eigenvalue weighted by atomic mass is 19.2. The maximum Gasteiger partial charge on any atom is 0.246 e. The number of halogens is 2. The second kappa shape index (κ2) is 7.71. The predicted octanol–water partition coefficient (Wildman–Crippen LogP) is 3.85. The Morgan fingerprint density at radius 1 is 1.19 bits per heavy atom. The number of rotatable bonds is 6. The molecular formula is C19H18F2N4O2. The molecule has 3 aromatic rings. The fraction of sp³-hybridized carbons (Fsp3) is 0.263. The fourth-order valence-electron chi connectivity index (χ4n) is 2.83. The second-order valence-electron chi connectivity index (χ2n) is 6.21. The van der Waals surface area contributed by atoms with Crippen molar-refractivity contribution in [2.45, 2.75) is 18.9 Å². The zero-order valence-corrected chi connectivity index (χ0v) is 14.4. The first-order valence-corrected chi connectivity index (χ1v) is 8.66. The Balaban J connectivity index is 1.42. The van der Waals surface area contributed by atoms with E-state index in [0.717, 1.165) is 43.0 Å². The van der Waals surface area contributed by atoms with Gasteiger partial charge in [0.1, 0.15) is 18.7 Å². The van der Waals surface area contributed by atoms with Crippen molar-refractivity contribution in [1.82, 2.24) is 14.8 Å². The molecule has 0 saturated carbocycles. The van der Waals surface area contributed by atoms with Crippen molar-refractivity contribution in [3.8, 4) is 11.4 Å². The molecule has 1 atom stereocenters. The number of hydrogen-bond donors (Lipinski definition) is 1. The van der Waals surface area contributed by atoms with Crippen LogP contribution in [-0.4, -0.2) is 34.1 Å². The molecule has 2 heterocycles. The molecular weight excluding hydrogens is 354 g/mol. The molecule has 1 aliphatic heterocycles. The molecule has 1 unspecified atom stereocenters. The molecule has 0 bridgehead atoms. The van der Waals surface area contributed by atoms with Crippen molar-refractivity contribution in [3.05, 3.63) is 60.4 Å². The van der Waals surface area contributed by atoms with Crippen LogP contribution in [0.2, 0.25) is 0 Å². The molecule has 1 fully saturated rings. The van der Waals surface area contributed by atoms with Crippen molar-refractivity contribution >= 4 is 11.6 Å². The van der Waals surface area contributed by atoms with Crippen LogP contribution in [0, 0.1) is 11.6 Å². The highest BCUT2D eigenvalue weighted by Crippen LogP contribution is 2.22. The van der Waals surface area contributed by atoms with Gasteiger partial charge in [0.05, 0.1) is 11.8 Å². The highest BCUT2D eigenvalue weighted by molar-refractivity contribution is 5.55. The van der Waals surface area contributed by atoms with E-state index in [9.17, 15) is 8.78 Å². The van der Waals surface area contributed by atoms with E-state index in [1.165, 1.54) is 17.1 Å². The molecule has 1 saturated heterocycles. The van der Waals surface area contributed by atoms with E-state index in [1.54, 1.807) is 0 Å². The molecule has 1 N–H and O–H groups in total. The quantitative estimate of drug-likeness (QED) is 0.712. The summed E-state index contributed by atoms with van der Waals surface area (Å²) in [6.07, 6.45) is 3.66. The van der Waals surface area contributed by atoms with Crippen molar-refractivity contribution in [1.29, 1.82) is 0 Å².